The summed E-state index contributed by atoms with van der Waals surface area (Å²) in [4.78, 5) is 23.3. The third kappa shape index (κ3) is 6.59. The molecule has 2 aromatic rings. The lowest BCUT2D eigenvalue weighted by atomic mass is 10.0. The Hall–Kier alpha value is -2.86. The Morgan fingerprint density at radius 1 is 1.37 bits per heavy atom. The van der Waals surface area contributed by atoms with E-state index in [1.54, 1.807) is 37.3 Å². The lowest BCUT2D eigenvalue weighted by Crippen LogP contribution is -2.32. The fourth-order valence-corrected chi connectivity index (χ4v) is 3.30. The van der Waals surface area contributed by atoms with Gasteiger partial charge in [-0.1, -0.05) is 63.7 Å². The van der Waals surface area contributed by atoms with E-state index < -0.39 is 5.91 Å². The van der Waals surface area contributed by atoms with Crippen molar-refractivity contribution in [2.45, 2.75) is 13.5 Å². The Kier molecular flexibility index (Phi) is 9.35. The molecule has 1 aromatic heterocycles. The highest BCUT2D eigenvalue weighted by Crippen LogP contribution is 2.29. The fourth-order valence-electron chi connectivity index (χ4n) is 2.20. The average Bonchev–Trinajstić information content (AvgIpc) is 3.07. The molecule has 1 N–H and O–H groups in total. The molecule has 0 radical (unpaired) electrons. The van der Waals surface area contributed by atoms with E-state index in [0.717, 1.165) is 4.88 Å². The zero-order valence-electron chi connectivity index (χ0n) is 16.2. The van der Waals surface area contributed by atoms with Gasteiger partial charge in [-0.05, 0) is 30.6 Å². The minimum Gasteiger partial charge on any atom is -0.398 e. The Labute approximate surface area is 188 Å². The number of terminal acetylenes is 1. The van der Waals surface area contributed by atoms with E-state index >= 15 is 0 Å². The molecule has 7 nitrogen and oxygen atoms in total. The summed E-state index contributed by atoms with van der Waals surface area (Å²) in [5, 5.41) is 11.1. The molecule has 10 heteroatoms. The monoisotopic (exact) mass is 464 g/mol. The first kappa shape index (κ1) is 23.4. The molecule has 0 atom stereocenters. The summed E-state index contributed by atoms with van der Waals surface area (Å²) in [7, 11) is 1.36. The van der Waals surface area contributed by atoms with Gasteiger partial charge in [0.15, 0.2) is 10.9 Å². The van der Waals surface area contributed by atoms with E-state index in [1.165, 1.54) is 18.6 Å². The number of hydrogen-bond donors (Lipinski definition) is 1. The van der Waals surface area contributed by atoms with Crippen LogP contribution in [0.4, 0.5) is 0 Å². The van der Waals surface area contributed by atoms with Crippen molar-refractivity contribution < 1.29 is 14.5 Å². The maximum atomic E-state index is 12.4. The highest BCUT2D eigenvalue weighted by molar-refractivity contribution is 7.08. The first-order valence-corrected chi connectivity index (χ1v) is 10.1. The maximum absolute atomic E-state index is 12.4. The van der Waals surface area contributed by atoms with Gasteiger partial charge < -0.3 is 15.0 Å². The number of hydrogen-bond acceptors (Lipinski definition) is 7. The van der Waals surface area contributed by atoms with Gasteiger partial charge in [0.25, 0.3) is 5.91 Å². The lowest BCUT2D eigenvalue weighted by molar-refractivity contribution is -0.114. The Morgan fingerprint density at radius 2 is 2.13 bits per heavy atom. The fraction of sp³-hybridized carbons (Fsp3) is 0.200. The van der Waals surface area contributed by atoms with Crippen LogP contribution in [0, 0.1) is 12.3 Å². The molecule has 2 rings (SSSR count). The molecule has 1 amide bonds. The van der Waals surface area contributed by atoms with E-state index in [4.69, 9.17) is 39.3 Å². The van der Waals surface area contributed by atoms with Crippen LogP contribution in [-0.2, 0) is 21.1 Å². The molecule has 1 heterocycles. The van der Waals surface area contributed by atoms with Gasteiger partial charge in [0, 0.05) is 11.1 Å². The van der Waals surface area contributed by atoms with Crippen LogP contribution in [0.2, 0.25) is 10.2 Å². The number of halogens is 2. The van der Waals surface area contributed by atoms with Crippen LogP contribution in [0.5, 0.6) is 0 Å². The topological polar surface area (TPSA) is 85.2 Å². The third-order valence-corrected chi connectivity index (χ3v) is 5.32. The number of nitrogens with zero attached hydrogens (tertiary/aromatic N) is 3. The molecule has 0 unspecified atom stereocenters. The highest BCUT2D eigenvalue weighted by Gasteiger charge is 2.18. The van der Waals surface area contributed by atoms with E-state index in [2.05, 4.69) is 25.9 Å². The van der Waals surface area contributed by atoms with Crippen LogP contribution < -0.4 is 5.32 Å². The Bertz CT molecular complexity index is 1030. The van der Waals surface area contributed by atoms with E-state index in [9.17, 15) is 4.79 Å². The molecular formula is C20H18Cl2N4O3S. The summed E-state index contributed by atoms with van der Waals surface area (Å²) in [6.07, 6.45) is 8.67. The van der Waals surface area contributed by atoms with Crippen molar-refractivity contribution in [3.05, 3.63) is 56.5 Å². The number of nitrogens with one attached hydrogen (secondary N) is 1. The second kappa shape index (κ2) is 12.0. The number of rotatable bonds is 9. The van der Waals surface area contributed by atoms with Gasteiger partial charge in [0.1, 0.15) is 13.7 Å². The zero-order valence-corrected chi connectivity index (χ0v) is 18.5. The SMILES string of the molecule is C#CCNC(=O)/C(=N/OC)c1ccccc1CO/N=C(C)/C=C/c1snc(Cl)c1Cl. The molecule has 0 spiro atoms. The third-order valence-electron chi connectivity index (χ3n) is 3.55. The normalized spacial score (nSPS) is 12.0. The Balaban J connectivity index is 2.11. The predicted octanol–water partition coefficient (Wildman–Crippen LogP) is 4.16. The van der Waals surface area contributed by atoms with Gasteiger partial charge in [0.2, 0.25) is 0 Å². The minimum absolute atomic E-state index is 0.0745. The molecule has 0 aliphatic heterocycles. The van der Waals surface area contributed by atoms with Gasteiger partial charge in [0.05, 0.1) is 22.2 Å². The molecule has 156 valence electrons. The quantitative estimate of drug-likeness (QED) is 0.343. The summed E-state index contributed by atoms with van der Waals surface area (Å²) in [5.74, 6) is 1.89. The summed E-state index contributed by atoms with van der Waals surface area (Å²) in [6.45, 7) is 1.95. The first-order chi connectivity index (χ1) is 14.5. The van der Waals surface area contributed by atoms with E-state index in [1.807, 2.05) is 6.07 Å². The van der Waals surface area contributed by atoms with Crippen LogP contribution in [0.25, 0.3) is 6.08 Å². The molecular weight excluding hydrogens is 447 g/mol. The number of carbonyl (C=O) groups excluding carboxylic acids is 1. The molecule has 0 saturated heterocycles. The molecule has 0 bridgehead atoms. The maximum Gasteiger partial charge on any atom is 0.274 e. The molecule has 0 aliphatic rings. The van der Waals surface area contributed by atoms with Crippen LogP contribution >= 0.6 is 34.7 Å². The number of amides is 1. The molecule has 30 heavy (non-hydrogen) atoms. The van der Waals surface area contributed by atoms with Crippen molar-refractivity contribution in [1.29, 1.82) is 0 Å². The van der Waals surface area contributed by atoms with Crippen molar-refractivity contribution in [3.63, 3.8) is 0 Å². The smallest absolute Gasteiger partial charge is 0.274 e. The minimum atomic E-state index is -0.454. The van der Waals surface area contributed by atoms with Gasteiger partial charge in [-0.25, -0.2) is 0 Å². The van der Waals surface area contributed by atoms with Crippen molar-refractivity contribution in [2.75, 3.05) is 13.7 Å². The zero-order chi connectivity index (χ0) is 21.9. The highest BCUT2D eigenvalue weighted by atomic mass is 35.5. The second-order valence-electron chi connectivity index (χ2n) is 5.66. The number of carbonyl (C=O) groups is 1. The van der Waals surface area contributed by atoms with Crippen molar-refractivity contribution in [3.8, 4) is 12.3 Å². The van der Waals surface area contributed by atoms with E-state index in [0.29, 0.717) is 21.9 Å². The largest absolute Gasteiger partial charge is 0.398 e. The van der Waals surface area contributed by atoms with Gasteiger partial charge in [-0.3, -0.25) is 4.79 Å². The number of benzene rings is 1. The number of oxime groups is 2. The molecule has 0 saturated carbocycles. The van der Waals surface area contributed by atoms with Crippen LogP contribution in [0.15, 0.2) is 40.7 Å². The second-order valence-corrected chi connectivity index (χ2v) is 7.20. The lowest BCUT2D eigenvalue weighted by Gasteiger charge is -2.10. The summed E-state index contributed by atoms with van der Waals surface area (Å²) in [6, 6.07) is 7.13. The number of allylic oxidation sites excluding steroid dienone is 1. The molecule has 0 aliphatic carbocycles. The van der Waals surface area contributed by atoms with Crippen LogP contribution in [-0.4, -0.2) is 35.4 Å². The molecule has 0 fully saturated rings. The summed E-state index contributed by atoms with van der Waals surface area (Å²) < 4.78 is 3.96. The van der Waals surface area contributed by atoms with Crippen molar-refractivity contribution in [2.24, 2.45) is 10.3 Å². The summed E-state index contributed by atoms with van der Waals surface area (Å²) in [5.41, 5.74) is 1.93. The standard InChI is InChI=1S/C20H18Cl2N4O3S/c1-4-11-23-20(27)18(25-28-3)15-8-6-5-7-14(15)12-29-24-13(2)9-10-16-17(21)19(22)26-30-16/h1,5-10H,11-12H2,2-3H3,(H,23,27)/b10-9+,24-13+,25-18+. The van der Waals surface area contributed by atoms with Crippen molar-refractivity contribution in [1.82, 2.24) is 9.69 Å². The average molecular weight is 465 g/mol. The van der Waals surface area contributed by atoms with Crippen molar-refractivity contribution >= 4 is 58.1 Å². The summed E-state index contributed by atoms with van der Waals surface area (Å²) >= 11 is 13.1. The van der Waals surface area contributed by atoms with Gasteiger partial charge >= 0.3 is 0 Å². The first-order valence-electron chi connectivity index (χ1n) is 8.54. The van der Waals surface area contributed by atoms with Crippen LogP contribution in [0.3, 0.4) is 0 Å². The van der Waals surface area contributed by atoms with Gasteiger partial charge in [-0.2, -0.15) is 4.37 Å². The van der Waals surface area contributed by atoms with Crippen LogP contribution in [0.1, 0.15) is 22.9 Å². The number of aromatic nitrogens is 1. The van der Waals surface area contributed by atoms with E-state index in [-0.39, 0.29) is 24.0 Å². The predicted molar refractivity (Wildman–Crippen MR) is 121 cm³/mol. The molecule has 1 aromatic carbocycles. The Morgan fingerprint density at radius 3 is 2.80 bits per heavy atom. The van der Waals surface area contributed by atoms with Gasteiger partial charge in [-0.15, -0.1) is 6.42 Å².